The third kappa shape index (κ3) is 4.62. The van der Waals surface area contributed by atoms with Crippen LogP contribution < -0.4 is 5.32 Å². The molecule has 0 fully saturated rings. The fraction of sp³-hybridized carbons (Fsp3) is 0.533. The number of aliphatic hydroxyl groups is 1. The largest absolute Gasteiger partial charge is 0.388 e. The number of carbonyl (C=O) groups is 1. The molecule has 2 unspecified atom stereocenters. The molecule has 2 N–H and O–H groups in total. The predicted molar refractivity (Wildman–Crippen MR) is 81.0 cm³/mol. The summed E-state index contributed by atoms with van der Waals surface area (Å²) in [5.41, 5.74) is 0.0830. The van der Waals surface area contributed by atoms with Crippen molar-refractivity contribution in [2.24, 2.45) is 5.92 Å². The molecule has 19 heavy (non-hydrogen) atoms. The minimum Gasteiger partial charge on any atom is -0.388 e. The van der Waals surface area contributed by atoms with Crippen molar-refractivity contribution in [2.75, 3.05) is 6.54 Å². The summed E-state index contributed by atoms with van der Waals surface area (Å²) < 4.78 is 0.992. The lowest BCUT2D eigenvalue weighted by molar-refractivity contribution is -0.123. The van der Waals surface area contributed by atoms with E-state index >= 15 is 0 Å². The highest BCUT2D eigenvalue weighted by molar-refractivity contribution is 9.10. The van der Waals surface area contributed by atoms with Crippen LogP contribution in [0, 0.1) is 5.92 Å². The molecule has 0 spiro atoms. The van der Waals surface area contributed by atoms with Crippen LogP contribution in [0.3, 0.4) is 0 Å². The van der Waals surface area contributed by atoms with Crippen LogP contribution >= 0.6 is 15.9 Å². The molecule has 0 saturated heterocycles. The van der Waals surface area contributed by atoms with Gasteiger partial charge in [-0.3, -0.25) is 4.79 Å². The maximum Gasteiger partial charge on any atom is 0.227 e. The van der Waals surface area contributed by atoms with Gasteiger partial charge < -0.3 is 10.4 Å². The zero-order valence-electron chi connectivity index (χ0n) is 11.9. The maximum atomic E-state index is 12.1. The highest BCUT2D eigenvalue weighted by Crippen LogP contribution is 2.19. The highest BCUT2D eigenvalue weighted by atomic mass is 79.9. The lowest BCUT2D eigenvalue weighted by Crippen LogP contribution is -2.45. The van der Waals surface area contributed by atoms with Crippen molar-refractivity contribution in [3.8, 4) is 0 Å². The van der Waals surface area contributed by atoms with Crippen LogP contribution in [0.5, 0.6) is 0 Å². The van der Waals surface area contributed by atoms with Gasteiger partial charge in [-0.25, -0.2) is 0 Å². The first kappa shape index (κ1) is 16.2. The Morgan fingerprint density at radius 3 is 2.32 bits per heavy atom. The second kappa shape index (κ2) is 6.53. The van der Waals surface area contributed by atoms with Crippen molar-refractivity contribution in [1.82, 2.24) is 5.32 Å². The fourth-order valence-corrected chi connectivity index (χ4v) is 1.79. The van der Waals surface area contributed by atoms with E-state index in [-0.39, 0.29) is 24.3 Å². The normalized spacial score (nSPS) is 15.9. The monoisotopic (exact) mass is 327 g/mol. The van der Waals surface area contributed by atoms with Gasteiger partial charge in [0.25, 0.3) is 0 Å². The summed E-state index contributed by atoms with van der Waals surface area (Å²) in [5, 5.41) is 12.9. The van der Waals surface area contributed by atoms with E-state index in [1.807, 2.05) is 45.0 Å². The molecule has 1 amide bonds. The topological polar surface area (TPSA) is 49.3 Å². The molecule has 0 heterocycles. The molecule has 0 saturated carbocycles. The first-order chi connectivity index (χ1) is 8.74. The van der Waals surface area contributed by atoms with Crippen LogP contribution in [-0.4, -0.2) is 23.2 Å². The smallest absolute Gasteiger partial charge is 0.227 e. The Hall–Kier alpha value is -0.870. The average molecular weight is 328 g/mol. The van der Waals surface area contributed by atoms with Crippen molar-refractivity contribution in [3.63, 3.8) is 0 Å². The molecule has 0 bridgehead atoms. The summed E-state index contributed by atoms with van der Waals surface area (Å²) in [7, 11) is 0. The molecular weight excluding hydrogens is 306 g/mol. The number of hydrogen-bond donors (Lipinski definition) is 2. The Kier molecular flexibility index (Phi) is 5.56. The molecule has 0 aliphatic carbocycles. The van der Waals surface area contributed by atoms with Crippen LogP contribution in [-0.2, 0) is 4.79 Å². The molecule has 2 atom stereocenters. The van der Waals surface area contributed by atoms with E-state index in [4.69, 9.17) is 0 Å². The Labute approximate surface area is 123 Å². The Balaban J connectivity index is 2.61. The minimum absolute atomic E-state index is 0.0664. The van der Waals surface area contributed by atoms with Gasteiger partial charge >= 0.3 is 0 Å². The molecule has 1 aromatic carbocycles. The van der Waals surface area contributed by atoms with Crippen LogP contribution in [0.25, 0.3) is 0 Å². The summed E-state index contributed by atoms with van der Waals surface area (Å²) in [6.07, 6.45) is 0. The van der Waals surface area contributed by atoms with Gasteiger partial charge in [0, 0.05) is 11.0 Å². The number of carbonyl (C=O) groups excluding carboxylic acids is 1. The summed E-state index contributed by atoms with van der Waals surface area (Å²) in [6, 6.07) is 7.69. The Morgan fingerprint density at radius 2 is 1.84 bits per heavy atom. The maximum absolute atomic E-state index is 12.1. The van der Waals surface area contributed by atoms with Gasteiger partial charge in [0.1, 0.15) is 0 Å². The van der Waals surface area contributed by atoms with Crippen LogP contribution in [0.4, 0.5) is 0 Å². The van der Waals surface area contributed by atoms with E-state index in [1.54, 1.807) is 6.92 Å². The lowest BCUT2D eigenvalue weighted by atomic mass is 9.92. The third-order valence-electron chi connectivity index (χ3n) is 3.63. The SMILES string of the molecule is CC(C(=O)NCC(C)(O)C(C)C)c1ccc(Br)cc1. The molecule has 0 radical (unpaired) electrons. The molecular formula is C15H22BrNO2. The van der Waals surface area contributed by atoms with Crippen molar-refractivity contribution >= 4 is 21.8 Å². The molecule has 106 valence electrons. The van der Waals surface area contributed by atoms with Crippen molar-refractivity contribution in [3.05, 3.63) is 34.3 Å². The van der Waals surface area contributed by atoms with E-state index in [9.17, 15) is 9.90 Å². The lowest BCUT2D eigenvalue weighted by Gasteiger charge is -2.28. The molecule has 1 rings (SSSR count). The zero-order valence-corrected chi connectivity index (χ0v) is 13.5. The first-order valence-electron chi connectivity index (χ1n) is 6.49. The van der Waals surface area contributed by atoms with Crippen LogP contribution in [0.1, 0.15) is 39.2 Å². The first-order valence-corrected chi connectivity index (χ1v) is 7.29. The standard InChI is InChI=1S/C15H22BrNO2/c1-10(2)15(4,19)9-17-14(18)11(3)12-5-7-13(16)8-6-12/h5-8,10-11,19H,9H2,1-4H3,(H,17,18). The summed E-state index contributed by atoms with van der Waals surface area (Å²) in [6.45, 7) is 7.74. The van der Waals surface area contributed by atoms with Gasteiger partial charge in [0.05, 0.1) is 11.5 Å². The van der Waals surface area contributed by atoms with Crippen molar-refractivity contribution < 1.29 is 9.90 Å². The second-order valence-electron chi connectivity index (χ2n) is 5.50. The van der Waals surface area contributed by atoms with Crippen LogP contribution in [0.15, 0.2) is 28.7 Å². The van der Waals surface area contributed by atoms with Gasteiger partial charge in [-0.1, -0.05) is 41.9 Å². The molecule has 0 aliphatic rings. The average Bonchev–Trinajstić information content (AvgIpc) is 2.36. The predicted octanol–water partition coefficient (Wildman–Crippen LogP) is 3.08. The van der Waals surface area contributed by atoms with Gasteiger partial charge in [0.15, 0.2) is 0 Å². The number of halogens is 1. The van der Waals surface area contributed by atoms with Gasteiger partial charge in [-0.2, -0.15) is 0 Å². The van der Waals surface area contributed by atoms with Gasteiger partial charge in [-0.15, -0.1) is 0 Å². The van der Waals surface area contributed by atoms with E-state index in [0.29, 0.717) is 0 Å². The Bertz CT molecular complexity index is 426. The van der Waals surface area contributed by atoms with Gasteiger partial charge in [-0.05, 0) is 37.5 Å². The zero-order chi connectivity index (χ0) is 14.6. The third-order valence-corrected chi connectivity index (χ3v) is 4.16. The molecule has 4 heteroatoms. The van der Waals surface area contributed by atoms with E-state index in [1.165, 1.54) is 0 Å². The number of rotatable bonds is 5. The molecule has 0 aliphatic heterocycles. The molecule has 3 nitrogen and oxygen atoms in total. The minimum atomic E-state index is -0.880. The van der Waals surface area contributed by atoms with Crippen LogP contribution in [0.2, 0.25) is 0 Å². The quantitative estimate of drug-likeness (QED) is 0.873. The fourth-order valence-electron chi connectivity index (χ4n) is 1.53. The summed E-state index contributed by atoms with van der Waals surface area (Å²) >= 11 is 3.37. The second-order valence-corrected chi connectivity index (χ2v) is 6.42. The molecule has 0 aromatic heterocycles. The number of benzene rings is 1. The Morgan fingerprint density at radius 1 is 1.32 bits per heavy atom. The molecule has 1 aromatic rings. The van der Waals surface area contributed by atoms with Gasteiger partial charge in [0.2, 0.25) is 5.91 Å². The highest BCUT2D eigenvalue weighted by Gasteiger charge is 2.26. The number of nitrogens with one attached hydrogen (secondary N) is 1. The number of amides is 1. The number of hydrogen-bond acceptors (Lipinski definition) is 2. The van der Waals surface area contributed by atoms with Crippen molar-refractivity contribution in [1.29, 1.82) is 0 Å². The van der Waals surface area contributed by atoms with Crippen molar-refractivity contribution in [2.45, 2.75) is 39.2 Å². The van der Waals surface area contributed by atoms with E-state index in [2.05, 4.69) is 21.2 Å². The van der Waals surface area contributed by atoms with E-state index in [0.717, 1.165) is 10.0 Å². The van der Waals surface area contributed by atoms with E-state index < -0.39 is 5.60 Å². The summed E-state index contributed by atoms with van der Waals surface area (Å²) in [5.74, 6) is -0.199. The summed E-state index contributed by atoms with van der Waals surface area (Å²) in [4.78, 5) is 12.1.